The fourth-order valence-corrected chi connectivity index (χ4v) is 2.65. The molecule has 4 rings (SSSR count). The number of likely N-dealkylation sites (N-methyl/N-ethyl adjacent to an activating group) is 1. The van der Waals surface area contributed by atoms with Gasteiger partial charge in [-0.2, -0.15) is 4.99 Å². The van der Waals surface area contributed by atoms with Gasteiger partial charge in [-0.15, -0.1) is 5.10 Å². The molecule has 0 aliphatic carbocycles. The minimum atomic E-state index is -0.206. The molecule has 0 spiro atoms. The summed E-state index contributed by atoms with van der Waals surface area (Å²) in [5.41, 5.74) is 2.57. The van der Waals surface area contributed by atoms with E-state index in [1.807, 2.05) is 24.3 Å². The predicted molar refractivity (Wildman–Crippen MR) is 90.8 cm³/mol. The number of aromatic nitrogens is 2. The van der Waals surface area contributed by atoms with E-state index in [1.54, 1.807) is 36.2 Å². The van der Waals surface area contributed by atoms with Gasteiger partial charge in [-0.25, -0.2) is 0 Å². The van der Waals surface area contributed by atoms with Gasteiger partial charge in [0.05, 0.1) is 5.69 Å². The molecular formula is C17H11ClN4O2. The minimum Gasteiger partial charge on any atom is -0.402 e. The van der Waals surface area contributed by atoms with Crippen LogP contribution in [0, 0.1) is 0 Å². The quantitative estimate of drug-likeness (QED) is 0.717. The maximum atomic E-state index is 12.4. The minimum absolute atomic E-state index is 0.0356. The summed E-state index contributed by atoms with van der Waals surface area (Å²) < 4.78 is 5.55. The highest BCUT2D eigenvalue weighted by molar-refractivity contribution is 6.54. The largest absolute Gasteiger partial charge is 0.402 e. The molecule has 118 valence electrons. The van der Waals surface area contributed by atoms with Crippen LogP contribution in [0.3, 0.4) is 0 Å². The molecule has 1 aliphatic rings. The molecule has 3 aromatic rings. The lowest BCUT2D eigenvalue weighted by atomic mass is 10.1. The number of hydrogen-bond acceptors (Lipinski definition) is 5. The fraction of sp³-hybridized carbons (Fsp3) is 0.0588. The number of hydrogen-bond donors (Lipinski definition) is 0. The lowest BCUT2D eigenvalue weighted by Crippen LogP contribution is -2.25. The Hall–Kier alpha value is -2.99. The molecule has 1 aromatic heterocycles. The molecule has 1 amide bonds. The summed E-state index contributed by atoms with van der Waals surface area (Å²) in [5, 5.41) is 8.49. The van der Waals surface area contributed by atoms with Crippen LogP contribution in [-0.2, 0) is 4.79 Å². The highest BCUT2D eigenvalue weighted by Gasteiger charge is 2.31. The van der Waals surface area contributed by atoms with Gasteiger partial charge in [-0.3, -0.25) is 4.79 Å². The molecule has 0 saturated carbocycles. The molecule has 0 atom stereocenters. The Balaban J connectivity index is 1.72. The van der Waals surface area contributed by atoms with Crippen molar-refractivity contribution >= 4 is 34.9 Å². The summed E-state index contributed by atoms with van der Waals surface area (Å²) in [7, 11) is 1.71. The van der Waals surface area contributed by atoms with E-state index >= 15 is 0 Å². The van der Waals surface area contributed by atoms with Crippen molar-refractivity contribution in [2.75, 3.05) is 11.9 Å². The average molecular weight is 339 g/mol. The van der Waals surface area contributed by atoms with E-state index in [2.05, 4.69) is 15.2 Å². The number of rotatable bonds is 2. The van der Waals surface area contributed by atoms with Crippen molar-refractivity contribution in [1.82, 2.24) is 10.2 Å². The van der Waals surface area contributed by atoms with Crippen molar-refractivity contribution in [2.45, 2.75) is 0 Å². The topological polar surface area (TPSA) is 71.6 Å². The standard InChI is InChI=1S/C17H11ClN4O2/c1-22-13-5-3-2-4-12(13)14(16(22)23)19-17-21-20-15(24-17)10-6-8-11(18)9-7-10/h2-9H,1H3. The van der Waals surface area contributed by atoms with Crippen molar-refractivity contribution in [3.63, 3.8) is 0 Å². The Labute approximate surface area is 142 Å². The highest BCUT2D eigenvalue weighted by Crippen LogP contribution is 2.30. The van der Waals surface area contributed by atoms with Crippen molar-refractivity contribution in [2.24, 2.45) is 4.99 Å². The van der Waals surface area contributed by atoms with Gasteiger partial charge >= 0.3 is 6.01 Å². The zero-order valence-electron chi connectivity index (χ0n) is 12.6. The second-order valence-corrected chi connectivity index (χ2v) is 5.67. The Kier molecular flexibility index (Phi) is 3.39. The van der Waals surface area contributed by atoms with Crippen LogP contribution in [0.5, 0.6) is 0 Å². The second kappa shape index (κ2) is 5.58. The summed E-state index contributed by atoms with van der Waals surface area (Å²) in [6.07, 6.45) is 0. The van der Waals surface area contributed by atoms with Crippen LogP contribution < -0.4 is 4.90 Å². The summed E-state index contributed by atoms with van der Waals surface area (Å²) in [4.78, 5) is 18.2. The molecule has 2 aromatic carbocycles. The molecule has 0 N–H and O–H groups in total. The number of carbonyl (C=O) groups excluding carboxylic acids is 1. The lowest BCUT2D eigenvalue weighted by molar-refractivity contribution is -0.111. The Morgan fingerprint density at radius 3 is 2.62 bits per heavy atom. The first-order valence-corrected chi connectivity index (χ1v) is 7.57. The zero-order chi connectivity index (χ0) is 16.7. The van der Waals surface area contributed by atoms with E-state index in [-0.39, 0.29) is 11.9 Å². The molecule has 0 bridgehead atoms. The molecule has 0 fully saturated rings. The SMILES string of the molecule is CN1C(=O)C(=Nc2nnc(-c3ccc(Cl)cc3)o2)c2ccccc21. The number of para-hydroxylation sites is 1. The van der Waals surface area contributed by atoms with Crippen molar-refractivity contribution in [3.05, 3.63) is 59.1 Å². The van der Waals surface area contributed by atoms with Crippen molar-refractivity contribution in [1.29, 1.82) is 0 Å². The van der Waals surface area contributed by atoms with E-state index in [0.717, 1.165) is 16.8 Å². The molecule has 24 heavy (non-hydrogen) atoms. The number of anilines is 1. The third-order valence-electron chi connectivity index (χ3n) is 3.74. The van der Waals surface area contributed by atoms with Gasteiger partial charge in [0.2, 0.25) is 5.89 Å². The van der Waals surface area contributed by atoms with Crippen LogP contribution in [0.1, 0.15) is 5.56 Å². The van der Waals surface area contributed by atoms with Gasteiger partial charge in [0.25, 0.3) is 5.91 Å². The van der Waals surface area contributed by atoms with Crippen LogP contribution in [0.15, 0.2) is 57.9 Å². The lowest BCUT2D eigenvalue weighted by Gasteiger charge is -2.07. The van der Waals surface area contributed by atoms with E-state index in [1.165, 1.54) is 0 Å². The summed E-state index contributed by atoms with van der Waals surface area (Å²) in [6, 6.07) is 14.5. The maximum Gasteiger partial charge on any atom is 0.343 e. The molecule has 7 heteroatoms. The Bertz CT molecular complexity index is 963. The number of halogens is 1. The van der Waals surface area contributed by atoms with Crippen LogP contribution in [0.25, 0.3) is 11.5 Å². The van der Waals surface area contributed by atoms with Crippen molar-refractivity contribution < 1.29 is 9.21 Å². The maximum absolute atomic E-state index is 12.4. The summed E-state index contributed by atoms with van der Waals surface area (Å²) in [6.45, 7) is 0. The average Bonchev–Trinajstić information content (AvgIpc) is 3.16. The summed E-state index contributed by atoms with van der Waals surface area (Å²) >= 11 is 5.86. The summed E-state index contributed by atoms with van der Waals surface area (Å²) in [5.74, 6) is 0.112. The van der Waals surface area contributed by atoms with Gasteiger partial charge < -0.3 is 9.32 Å². The molecule has 0 saturated heterocycles. The molecule has 0 unspecified atom stereocenters. The number of fused-ring (bicyclic) bond motifs is 1. The van der Waals surface area contributed by atoms with Gasteiger partial charge in [-0.05, 0) is 30.3 Å². The van der Waals surface area contributed by atoms with E-state index < -0.39 is 0 Å². The van der Waals surface area contributed by atoms with Gasteiger partial charge in [0, 0.05) is 23.2 Å². The number of benzene rings is 2. The number of nitrogens with zero attached hydrogens (tertiary/aromatic N) is 4. The van der Waals surface area contributed by atoms with Gasteiger partial charge in [0.1, 0.15) is 5.71 Å². The van der Waals surface area contributed by atoms with Crippen molar-refractivity contribution in [3.8, 4) is 11.5 Å². The smallest absolute Gasteiger partial charge is 0.343 e. The Morgan fingerprint density at radius 2 is 1.83 bits per heavy atom. The number of carbonyl (C=O) groups is 1. The normalized spacial score (nSPS) is 15.2. The molecular weight excluding hydrogens is 328 g/mol. The van der Waals surface area contributed by atoms with Crippen LogP contribution in [-0.4, -0.2) is 28.9 Å². The number of aliphatic imine (C=N–C) groups is 1. The molecule has 0 radical (unpaired) electrons. The predicted octanol–water partition coefficient (Wildman–Crippen LogP) is 3.49. The third-order valence-corrected chi connectivity index (χ3v) is 3.99. The monoisotopic (exact) mass is 338 g/mol. The van der Waals surface area contributed by atoms with Gasteiger partial charge in [-0.1, -0.05) is 34.9 Å². The zero-order valence-corrected chi connectivity index (χ0v) is 13.4. The number of amides is 1. The van der Waals surface area contributed by atoms with Crippen LogP contribution >= 0.6 is 11.6 Å². The third kappa shape index (κ3) is 2.37. The van der Waals surface area contributed by atoms with E-state index in [9.17, 15) is 4.79 Å². The molecule has 6 nitrogen and oxygen atoms in total. The van der Waals surface area contributed by atoms with Crippen LogP contribution in [0.2, 0.25) is 5.02 Å². The van der Waals surface area contributed by atoms with E-state index in [4.69, 9.17) is 16.0 Å². The molecule has 2 heterocycles. The molecule has 1 aliphatic heterocycles. The first kappa shape index (κ1) is 14.6. The first-order chi connectivity index (χ1) is 11.6. The van der Waals surface area contributed by atoms with E-state index in [0.29, 0.717) is 16.6 Å². The van der Waals surface area contributed by atoms with Crippen LogP contribution in [0.4, 0.5) is 11.7 Å². The highest BCUT2D eigenvalue weighted by atomic mass is 35.5. The first-order valence-electron chi connectivity index (χ1n) is 7.19. The Morgan fingerprint density at radius 1 is 1.08 bits per heavy atom. The van der Waals surface area contributed by atoms with Gasteiger partial charge in [0.15, 0.2) is 0 Å². The fourth-order valence-electron chi connectivity index (χ4n) is 2.52. The second-order valence-electron chi connectivity index (χ2n) is 5.24.